The summed E-state index contributed by atoms with van der Waals surface area (Å²) in [6.45, 7) is 2.07. The molecule has 0 N–H and O–H groups in total. The molecule has 0 radical (unpaired) electrons. The van der Waals surface area contributed by atoms with Crippen molar-refractivity contribution in [2.75, 3.05) is 0 Å². The Labute approximate surface area is 145 Å². The molecule has 122 valence electrons. The molecule has 0 saturated carbocycles. The summed E-state index contributed by atoms with van der Waals surface area (Å²) in [6.07, 6.45) is 8.20. The molecule has 0 aliphatic rings. The summed E-state index contributed by atoms with van der Waals surface area (Å²) < 4.78 is 15.2. The fourth-order valence-corrected chi connectivity index (χ4v) is 2.90. The summed E-state index contributed by atoms with van der Waals surface area (Å²) in [5.74, 6) is -0.241. The highest BCUT2D eigenvalue weighted by molar-refractivity contribution is 5.78. The molecular formula is C22H17FN2. The number of nitrogens with zero attached hydrogens (tertiary/aromatic N) is 2. The van der Waals surface area contributed by atoms with Gasteiger partial charge in [0.05, 0.1) is 5.69 Å². The molecule has 0 fully saturated rings. The van der Waals surface area contributed by atoms with E-state index in [1.807, 2.05) is 28.8 Å². The van der Waals surface area contributed by atoms with Gasteiger partial charge in [-0.25, -0.2) is 9.37 Å². The number of fused-ring (bicyclic) bond motifs is 1. The minimum atomic E-state index is -0.241. The third kappa shape index (κ3) is 3.22. The molecule has 2 aromatic carbocycles. The molecule has 0 aliphatic heterocycles. The maximum absolute atomic E-state index is 13.2. The Hall–Kier alpha value is -3.20. The third-order valence-corrected chi connectivity index (χ3v) is 4.11. The summed E-state index contributed by atoms with van der Waals surface area (Å²) >= 11 is 0. The van der Waals surface area contributed by atoms with E-state index >= 15 is 0 Å². The van der Waals surface area contributed by atoms with Crippen molar-refractivity contribution in [3.8, 4) is 11.3 Å². The Morgan fingerprint density at radius 1 is 0.920 bits per heavy atom. The van der Waals surface area contributed by atoms with Crippen molar-refractivity contribution >= 4 is 17.8 Å². The lowest BCUT2D eigenvalue weighted by atomic mass is 10.1. The standard InChI is InChI=1S/C22H17FN2/c1-16-13-19(8-7-17-5-3-2-4-6-17)22-24-21(15-25(22)14-16)18-9-11-20(23)12-10-18/h2-15H,1H3/b8-7+. The summed E-state index contributed by atoms with van der Waals surface area (Å²) in [7, 11) is 0. The second kappa shape index (κ2) is 6.36. The second-order valence-corrected chi connectivity index (χ2v) is 6.08. The normalized spacial score (nSPS) is 11.4. The quantitative estimate of drug-likeness (QED) is 0.477. The van der Waals surface area contributed by atoms with Gasteiger partial charge in [-0.1, -0.05) is 42.5 Å². The number of benzene rings is 2. The van der Waals surface area contributed by atoms with Crippen LogP contribution < -0.4 is 0 Å². The van der Waals surface area contributed by atoms with Gasteiger partial charge in [0.1, 0.15) is 11.5 Å². The maximum Gasteiger partial charge on any atom is 0.144 e. The lowest BCUT2D eigenvalue weighted by molar-refractivity contribution is 0.628. The van der Waals surface area contributed by atoms with Crippen molar-refractivity contribution in [2.45, 2.75) is 6.92 Å². The van der Waals surface area contributed by atoms with Crippen LogP contribution in [0, 0.1) is 12.7 Å². The molecule has 0 spiro atoms. The maximum atomic E-state index is 13.2. The van der Waals surface area contributed by atoms with Crippen LogP contribution in [0.1, 0.15) is 16.7 Å². The first-order chi connectivity index (χ1) is 12.2. The highest BCUT2D eigenvalue weighted by Gasteiger charge is 2.08. The Morgan fingerprint density at radius 3 is 2.44 bits per heavy atom. The molecule has 2 nitrogen and oxygen atoms in total. The van der Waals surface area contributed by atoms with Crippen LogP contribution in [0.3, 0.4) is 0 Å². The molecule has 0 unspecified atom stereocenters. The number of rotatable bonds is 3. The molecular weight excluding hydrogens is 311 g/mol. The van der Waals surface area contributed by atoms with Gasteiger partial charge in [0.25, 0.3) is 0 Å². The molecule has 4 aromatic rings. The number of hydrogen-bond donors (Lipinski definition) is 0. The molecule has 4 rings (SSSR count). The van der Waals surface area contributed by atoms with Crippen LogP contribution in [0.25, 0.3) is 29.1 Å². The minimum absolute atomic E-state index is 0.241. The van der Waals surface area contributed by atoms with Crippen molar-refractivity contribution in [3.05, 3.63) is 95.6 Å². The Morgan fingerprint density at radius 2 is 1.68 bits per heavy atom. The van der Waals surface area contributed by atoms with E-state index in [4.69, 9.17) is 4.98 Å². The molecule has 0 atom stereocenters. The third-order valence-electron chi connectivity index (χ3n) is 4.11. The smallest absolute Gasteiger partial charge is 0.144 e. The van der Waals surface area contributed by atoms with E-state index < -0.39 is 0 Å². The second-order valence-electron chi connectivity index (χ2n) is 6.08. The molecule has 0 saturated heterocycles. The lowest BCUT2D eigenvalue weighted by Gasteiger charge is -2.01. The zero-order valence-electron chi connectivity index (χ0n) is 13.9. The summed E-state index contributed by atoms with van der Waals surface area (Å²) in [6, 6.07) is 18.7. The van der Waals surface area contributed by atoms with Crippen LogP contribution >= 0.6 is 0 Å². The van der Waals surface area contributed by atoms with Gasteiger partial charge in [-0.3, -0.25) is 0 Å². The van der Waals surface area contributed by atoms with E-state index in [0.717, 1.165) is 33.6 Å². The first-order valence-electron chi connectivity index (χ1n) is 8.17. The van der Waals surface area contributed by atoms with Gasteiger partial charge in [0.15, 0.2) is 0 Å². The van der Waals surface area contributed by atoms with Crippen molar-refractivity contribution in [3.63, 3.8) is 0 Å². The highest BCUT2D eigenvalue weighted by Crippen LogP contribution is 2.23. The average molecular weight is 328 g/mol. The average Bonchev–Trinajstić information content (AvgIpc) is 3.05. The number of halogens is 1. The molecule has 25 heavy (non-hydrogen) atoms. The van der Waals surface area contributed by atoms with Crippen LogP contribution in [0.2, 0.25) is 0 Å². The summed E-state index contributed by atoms with van der Waals surface area (Å²) in [5.41, 5.74) is 5.98. The van der Waals surface area contributed by atoms with Crippen LogP contribution in [-0.4, -0.2) is 9.38 Å². The number of hydrogen-bond acceptors (Lipinski definition) is 1. The fourth-order valence-electron chi connectivity index (χ4n) is 2.90. The zero-order valence-corrected chi connectivity index (χ0v) is 13.9. The van der Waals surface area contributed by atoms with Gasteiger partial charge in [0, 0.05) is 23.5 Å². The van der Waals surface area contributed by atoms with Crippen molar-refractivity contribution in [1.29, 1.82) is 0 Å². The number of pyridine rings is 1. The van der Waals surface area contributed by atoms with Crippen LogP contribution in [0.5, 0.6) is 0 Å². The SMILES string of the molecule is Cc1cc(/C=C/c2ccccc2)c2nc(-c3ccc(F)cc3)cn2c1. The Balaban J connectivity index is 1.79. The molecule has 2 aromatic heterocycles. The van der Waals surface area contributed by atoms with Crippen molar-refractivity contribution in [1.82, 2.24) is 9.38 Å². The Bertz CT molecular complexity index is 1040. The van der Waals surface area contributed by atoms with Gasteiger partial charge in [-0.2, -0.15) is 0 Å². The van der Waals surface area contributed by atoms with E-state index in [-0.39, 0.29) is 5.82 Å². The molecule has 3 heteroatoms. The molecule has 0 amide bonds. The van der Waals surface area contributed by atoms with Gasteiger partial charge >= 0.3 is 0 Å². The molecule has 0 bridgehead atoms. The van der Waals surface area contributed by atoms with Crippen LogP contribution in [0.4, 0.5) is 4.39 Å². The van der Waals surface area contributed by atoms with Gasteiger partial charge in [0.2, 0.25) is 0 Å². The van der Waals surface area contributed by atoms with Crippen LogP contribution in [-0.2, 0) is 0 Å². The summed E-state index contributed by atoms with van der Waals surface area (Å²) in [4.78, 5) is 4.76. The van der Waals surface area contributed by atoms with Gasteiger partial charge < -0.3 is 4.40 Å². The predicted octanol–water partition coefficient (Wildman–Crippen LogP) is 5.62. The monoisotopic (exact) mass is 328 g/mol. The van der Waals surface area contributed by atoms with Crippen molar-refractivity contribution in [2.24, 2.45) is 0 Å². The Kier molecular flexibility index (Phi) is 3.90. The topological polar surface area (TPSA) is 17.3 Å². The minimum Gasteiger partial charge on any atom is -0.306 e. The predicted molar refractivity (Wildman–Crippen MR) is 101 cm³/mol. The summed E-state index contributed by atoms with van der Waals surface area (Å²) in [5, 5.41) is 0. The zero-order chi connectivity index (χ0) is 17.2. The van der Waals surface area contributed by atoms with E-state index in [1.165, 1.54) is 12.1 Å². The van der Waals surface area contributed by atoms with E-state index in [1.54, 1.807) is 12.1 Å². The van der Waals surface area contributed by atoms with Crippen molar-refractivity contribution < 1.29 is 4.39 Å². The molecule has 0 aliphatic carbocycles. The number of aryl methyl sites for hydroxylation is 1. The largest absolute Gasteiger partial charge is 0.306 e. The first kappa shape index (κ1) is 15.3. The fraction of sp³-hybridized carbons (Fsp3) is 0.0455. The van der Waals surface area contributed by atoms with Gasteiger partial charge in [-0.05, 0) is 48.4 Å². The van der Waals surface area contributed by atoms with Gasteiger partial charge in [-0.15, -0.1) is 0 Å². The number of imidazole rings is 1. The lowest BCUT2D eigenvalue weighted by Crippen LogP contribution is -1.88. The first-order valence-corrected chi connectivity index (χ1v) is 8.17. The van der Waals surface area contributed by atoms with E-state index in [2.05, 4.69) is 43.5 Å². The highest BCUT2D eigenvalue weighted by atomic mass is 19.1. The number of aromatic nitrogens is 2. The van der Waals surface area contributed by atoms with E-state index in [0.29, 0.717) is 0 Å². The molecule has 2 heterocycles. The van der Waals surface area contributed by atoms with Crippen LogP contribution in [0.15, 0.2) is 73.1 Å². The van der Waals surface area contributed by atoms with E-state index in [9.17, 15) is 4.39 Å².